The normalized spacial score (nSPS) is 16.4. The second-order valence-corrected chi connectivity index (χ2v) is 11.3. The van der Waals surface area contributed by atoms with Gasteiger partial charge in [0, 0.05) is 36.4 Å². The molecule has 1 aromatic heterocycles. The highest BCUT2D eigenvalue weighted by molar-refractivity contribution is 5.94. The third kappa shape index (κ3) is 8.27. The topological polar surface area (TPSA) is 173 Å². The summed E-state index contributed by atoms with van der Waals surface area (Å²) in [6, 6.07) is 19.0. The molecule has 0 saturated carbocycles. The number of carboxylic acid groups (broad SMARTS) is 1. The molecular formula is C34H37N5O6. The Kier molecular flexibility index (Phi) is 10.1. The lowest BCUT2D eigenvalue weighted by Crippen LogP contribution is -2.58. The first-order chi connectivity index (χ1) is 21.8. The van der Waals surface area contributed by atoms with E-state index in [2.05, 4.69) is 26.3 Å². The van der Waals surface area contributed by atoms with E-state index in [0.717, 1.165) is 28.5 Å². The van der Waals surface area contributed by atoms with Crippen LogP contribution >= 0.6 is 0 Å². The molecule has 1 aliphatic heterocycles. The smallest absolute Gasteiger partial charge is 0.326 e. The van der Waals surface area contributed by atoms with Crippen LogP contribution in [0.2, 0.25) is 0 Å². The molecule has 0 bridgehead atoms. The number of carboxylic acids is 1. The Morgan fingerprint density at radius 2 is 1.38 bits per heavy atom. The van der Waals surface area contributed by atoms with Gasteiger partial charge < -0.3 is 36.5 Å². The summed E-state index contributed by atoms with van der Waals surface area (Å²) in [6.45, 7) is 0.714. The number of phenols is 1. The number of carbonyl (C=O) groups is 4. The number of phenolic OH excluding ortho intramolecular Hbond substituents is 1. The third-order valence-corrected chi connectivity index (χ3v) is 8.02. The molecule has 1 fully saturated rings. The first kappa shape index (κ1) is 31.3. The van der Waals surface area contributed by atoms with Gasteiger partial charge in [0.05, 0.1) is 6.04 Å². The van der Waals surface area contributed by atoms with E-state index in [1.807, 2.05) is 54.6 Å². The Labute approximate surface area is 260 Å². The number of para-hydroxylation sites is 1. The van der Waals surface area contributed by atoms with E-state index in [9.17, 15) is 29.4 Å². The number of aliphatic carboxylic acids is 1. The molecule has 11 heteroatoms. The van der Waals surface area contributed by atoms with Gasteiger partial charge in [-0.2, -0.15) is 0 Å². The lowest BCUT2D eigenvalue weighted by Gasteiger charge is -2.25. The molecule has 4 aromatic rings. The zero-order chi connectivity index (χ0) is 31.8. The summed E-state index contributed by atoms with van der Waals surface area (Å²) in [5.41, 5.74) is 3.03. The van der Waals surface area contributed by atoms with Crippen LogP contribution in [0.4, 0.5) is 0 Å². The third-order valence-electron chi connectivity index (χ3n) is 8.02. The van der Waals surface area contributed by atoms with E-state index < -0.39 is 42.0 Å². The van der Waals surface area contributed by atoms with Crippen LogP contribution in [0.1, 0.15) is 29.5 Å². The van der Waals surface area contributed by atoms with Gasteiger partial charge in [0.1, 0.15) is 23.9 Å². The zero-order valence-electron chi connectivity index (χ0n) is 24.7. The molecule has 2 heterocycles. The Hall–Kier alpha value is -5.16. The summed E-state index contributed by atoms with van der Waals surface area (Å²) >= 11 is 0. The lowest BCUT2D eigenvalue weighted by molar-refractivity contribution is -0.142. The molecule has 11 nitrogen and oxygen atoms in total. The predicted molar refractivity (Wildman–Crippen MR) is 168 cm³/mol. The quantitative estimate of drug-likeness (QED) is 0.121. The zero-order valence-corrected chi connectivity index (χ0v) is 24.7. The molecule has 7 N–H and O–H groups in total. The summed E-state index contributed by atoms with van der Waals surface area (Å²) in [5.74, 6) is -2.74. The second-order valence-electron chi connectivity index (χ2n) is 11.3. The molecule has 4 unspecified atom stereocenters. The van der Waals surface area contributed by atoms with Gasteiger partial charge >= 0.3 is 5.97 Å². The minimum Gasteiger partial charge on any atom is -0.508 e. The van der Waals surface area contributed by atoms with Crippen molar-refractivity contribution in [2.24, 2.45) is 0 Å². The molecule has 1 aliphatic rings. The van der Waals surface area contributed by atoms with Crippen LogP contribution in [0.15, 0.2) is 85.1 Å². The number of H-pyrrole nitrogens is 1. The summed E-state index contributed by atoms with van der Waals surface area (Å²) in [5, 5.41) is 32.0. The number of nitrogens with one attached hydrogen (secondary N) is 5. The Balaban J connectivity index is 1.36. The average Bonchev–Trinajstić information content (AvgIpc) is 3.72. The number of aromatic nitrogens is 1. The number of hydrogen-bond donors (Lipinski definition) is 7. The van der Waals surface area contributed by atoms with E-state index in [4.69, 9.17) is 0 Å². The molecule has 5 rings (SSSR count). The summed E-state index contributed by atoms with van der Waals surface area (Å²) in [6.07, 6.45) is 3.46. The van der Waals surface area contributed by atoms with Crippen molar-refractivity contribution >= 4 is 34.6 Å². The van der Waals surface area contributed by atoms with E-state index >= 15 is 0 Å². The number of fused-ring (bicyclic) bond motifs is 1. The van der Waals surface area contributed by atoms with E-state index in [1.165, 1.54) is 12.1 Å². The molecule has 0 aliphatic carbocycles. The SMILES string of the molecule is O=C(O)C(Cc1c[nH]c2ccccc12)NC(=O)C(Cc1ccc(O)cc1)NC(=O)C(Cc1ccccc1)NC(=O)C1CCCN1. The predicted octanol–water partition coefficient (Wildman–Crippen LogP) is 2.19. The number of aromatic amines is 1. The molecule has 3 aromatic carbocycles. The highest BCUT2D eigenvalue weighted by atomic mass is 16.4. The summed E-state index contributed by atoms with van der Waals surface area (Å²) in [4.78, 5) is 56.0. The Morgan fingerprint density at radius 3 is 2.04 bits per heavy atom. The lowest BCUT2D eigenvalue weighted by atomic mass is 10.0. The van der Waals surface area contributed by atoms with Crippen LogP contribution in [0, 0.1) is 0 Å². The molecule has 45 heavy (non-hydrogen) atoms. The van der Waals surface area contributed by atoms with Crippen LogP contribution in [0.3, 0.4) is 0 Å². The fourth-order valence-corrected chi connectivity index (χ4v) is 5.58. The monoisotopic (exact) mass is 611 g/mol. The molecule has 1 saturated heterocycles. The average molecular weight is 612 g/mol. The van der Waals surface area contributed by atoms with Crippen molar-refractivity contribution in [3.63, 3.8) is 0 Å². The van der Waals surface area contributed by atoms with Gasteiger partial charge in [0.2, 0.25) is 17.7 Å². The number of carbonyl (C=O) groups excluding carboxylic acids is 3. The highest BCUT2D eigenvalue weighted by Gasteiger charge is 2.32. The fraction of sp³-hybridized carbons (Fsp3) is 0.294. The molecule has 0 radical (unpaired) electrons. The fourth-order valence-electron chi connectivity index (χ4n) is 5.58. The van der Waals surface area contributed by atoms with Gasteiger partial charge in [-0.15, -0.1) is 0 Å². The van der Waals surface area contributed by atoms with Crippen molar-refractivity contribution in [3.8, 4) is 5.75 Å². The van der Waals surface area contributed by atoms with Gasteiger partial charge in [-0.1, -0.05) is 60.7 Å². The molecule has 234 valence electrons. The maximum atomic E-state index is 13.8. The van der Waals surface area contributed by atoms with Crippen LogP contribution in [0.25, 0.3) is 10.9 Å². The second kappa shape index (κ2) is 14.5. The van der Waals surface area contributed by atoms with Gasteiger partial charge in [0.15, 0.2) is 0 Å². The van der Waals surface area contributed by atoms with E-state index in [-0.39, 0.29) is 30.9 Å². The van der Waals surface area contributed by atoms with Gasteiger partial charge in [-0.25, -0.2) is 4.79 Å². The van der Waals surface area contributed by atoms with Gasteiger partial charge in [-0.3, -0.25) is 14.4 Å². The van der Waals surface area contributed by atoms with Crippen LogP contribution in [-0.2, 0) is 38.4 Å². The maximum absolute atomic E-state index is 13.8. The van der Waals surface area contributed by atoms with Gasteiger partial charge in [0.25, 0.3) is 0 Å². The van der Waals surface area contributed by atoms with Crippen molar-refractivity contribution in [2.75, 3.05) is 6.54 Å². The number of benzene rings is 3. The van der Waals surface area contributed by atoms with E-state index in [0.29, 0.717) is 18.5 Å². The van der Waals surface area contributed by atoms with Crippen molar-refractivity contribution < 1.29 is 29.4 Å². The minimum atomic E-state index is -1.27. The van der Waals surface area contributed by atoms with Crippen LogP contribution < -0.4 is 21.3 Å². The van der Waals surface area contributed by atoms with Crippen LogP contribution in [0.5, 0.6) is 5.75 Å². The Morgan fingerprint density at radius 1 is 0.756 bits per heavy atom. The molecule has 3 amide bonds. The van der Waals surface area contributed by atoms with E-state index in [1.54, 1.807) is 18.3 Å². The van der Waals surface area contributed by atoms with Crippen molar-refractivity contribution in [2.45, 2.75) is 56.3 Å². The Bertz CT molecular complexity index is 1630. The molecule has 0 spiro atoms. The van der Waals surface area contributed by atoms with Crippen LogP contribution in [-0.4, -0.2) is 69.6 Å². The number of hydrogen-bond acceptors (Lipinski definition) is 6. The van der Waals surface area contributed by atoms with Crippen molar-refractivity contribution in [1.82, 2.24) is 26.3 Å². The maximum Gasteiger partial charge on any atom is 0.326 e. The minimum absolute atomic E-state index is 0.0199. The highest BCUT2D eigenvalue weighted by Crippen LogP contribution is 2.20. The molecule has 4 atom stereocenters. The van der Waals surface area contributed by atoms with Crippen molar-refractivity contribution in [3.05, 3.63) is 102 Å². The van der Waals surface area contributed by atoms with Gasteiger partial charge in [-0.05, 0) is 54.3 Å². The number of amides is 3. The van der Waals surface area contributed by atoms with Crippen molar-refractivity contribution in [1.29, 1.82) is 0 Å². The first-order valence-electron chi connectivity index (χ1n) is 15.0. The standard InChI is InChI=1S/C34H37N5O6/c40-24-14-12-22(13-15-24)18-29(33(43)39-30(34(44)45)19-23-20-36-26-10-5-4-9-25(23)26)38-32(42)28(17-21-7-2-1-3-8-21)37-31(41)27-11-6-16-35-27/h1-5,7-10,12-15,20,27-30,35-36,40H,6,11,16-19H2,(H,37,41)(H,38,42)(H,39,43)(H,44,45). The number of aromatic hydroxyl groups is 1. The summed E-state index contributed by atoms with van der Waals surface area (Å²) < 4.78 is 0. The molecular weight excluding hydrogens is 574 g/mol. The summed E-state index contributed by atoms with van der Waals surface area (Å²) in [7, 11) is 0. The largest absolute Gasteiger partial charge is 0.508 e. The number of rotatable bonds is 13. The first-order valence-corrected chi connectivity index (χ1v) is 15.0.